The Morgan fingerprint density at radius 3 is 1.83 bits per heavy atom. The molecule has 0 aromatic rings. The van der Waals surface area contributed by atoms with Gasteiger partial charge in [0.15, 0.2) is 16.6 Å². The third-order valence-electron chi connectivity index (χ3n) is 6.16. The molecule has 23 heavy (non-hydrogen) atoms. The van der Waals surface area contributed by atoms with E-state index in [1.54, 1.807) is 0 Å². The summed E-state index contributed by atoms with van der Waals surface area (Å²) in [5.41, 5.74) is 0. The number of carbonyl (C=O) groups excluding carboxylic acids is 1. The summed E-state index contributed by atoms with van der Waals surface area (Å²) in [6.45, 7) is 23.2. The Balaban J connectivity index is 2.76. The molecule has 0 heterocycles. The highest BCUT2D eigenvalue weighted by molar-refractivity contribution is 6.74. The molecule has 136 valence electrons. The number of hydrogen-bond donors (Lipinski definition) is 0. The summed E-state index contributed by atoms with van der Waals surface area (Å²) in [5.74, 6) is 0.559. The van der Waals surface area contributed by atoms with Crippen LogP contribution >= 0.6 is 0 Å². The van der Waals surface area contributed by atoms with E-state index < -0.39 is 16.6 Å². The Kier molecular flexibility index (Phi) is 6.17. The van der Waals surface area contributed by atoms with Gasteiger partial charge in [0.2, 0.25) is 0 Å². The van der Waals surface area contributed by atoms with Crippen molar-refractivity contribution in [1.29, 1.82) is 0 Å². The average Bonchev–Trinajstić information content (AvgIpc) is 2.63. The van der Waals surface area contributed by atoms with Gasteiger partial charge in [-0.25, -0.2) is 0 Å². The second-order valence-corrected chi connectivity index (χ2v) is 19.8. The van der Waals surface area contributed by atoms with E-state index in [0.717, 1.165) is 0 Å². The predicted octanol–water partition coefficient (Wildman–Crippen LogP) is 5.38. The van der Waals surface area contributed by atoms with Gasteiger partial charge in [-0.15, -0.1) is 0 Å². The maximum absolute atomic E-state index is 12.0. The molecule has 5 heteroatoms. The first-order valence-electron chi connectivity index (χ1n) is 8.90. The molecule has 0 bridgehead atoms. The Bertz CT molecular complexity index is 431. The quantitative estimate of drug-likeness (QED) is 0.619. The van der Waals surface area contributed by atoms with Crippen molar-refractivity contribution < 1.29 is 13.6 Å². The van der Waals surface area contributed by atoms with Crippen LogP contribution < -0.4 is 0 Å². The monoisotopic (exact) mass is 358 g/mol. The number of rotatable bonds is 5. The van der Waals surface area contributed by atoms with Crippen molar-refractivity contribution in [1.82, 2.24) is 0 Å². The molecule has 0 spiro atoms. The highest BCUT2D eigenvalue weighted by Gasteiger charge is 2.45. The first-order chi connectivity index (χ1) is 10.1. The fourth-order valence-corrected chi connectivity index (χ4v) is 4.74. The minimum absolute atomic E-state index is 0.0492. The second kappa shape index (κ2) is 6.73. The van der Waals surface area contributed by atoms with Gasteiger partial charge in [-0.1, -0.05) is 41.5 Å². The molecule has 0 saturated heterocycles. The summed E-state index contributed by atoms with van der Waals surface area (Å²) < 4.78 is 12.9. The number of Topliss-reactive ketones (excluding diaryl/α,β-unsaturated/α-hetero) is 1. The standard InChI is InChI=1S/C18H38O3Si2/c1-17(2,3)22(7,8)20-13-14-11-15(19)12-16(14)21-23(9,10)18(4,5)6/h14,16H,11-13H2,1-10H3. The fourth-order valence-electron chi connectivity index (χ4n) is 2.29. The van der Waals surface area contributed by atoms with Crippen molar-refractivity contribution in [3.8, 4) is 0 Å². The van der Waals surface area contributed by atoms with Gasteiger partial charge in [-0.2, -0.15) is 0 Å². The molecule has 0 radical (unpaired) electrons. The minimum Gasteiger partial charge on any atom is -0.416 e. The molecule has 0 N–H and O–H groups in total. The van der Waals surface area contributed by atoms with Gasteiger partial charge in [-0.3, -0.25) is 4.79 Å². The molecule has 3 nitrogen and oxygen atoms in total. The van der Waals surface area contributed by atoms with Crippen molar-refractivity contribution in [2.75, 3.05) is 6.61 Å². The molecular formula is C18H38O3Si2. The number of carbonyl (C=O) groups is 1. The summed E-state index contributed by atoms with van der Waals surface area (Å²) in [6, 6.07) is 0. The largest absolute Gasteiger partial charge is 0.416 e. The van der Waals surface area contributed by atoms with Gasteiger partial charge < -0.3 is 8.85 Å². The lowest BCUT2D eigenvalue weighted by Gasteiger charge is -2.41. The Morgan fingerprint density at radius 1 is 0.913 bits per heavy atom. The van der Waals surface area contributed by atoms with Gasteiger partial charge in [0.05, 0.1) is 6.10 Å². The number of ketones is 1. The topological polar surface area (TPSA) is 35.5 Å². The predicted molar refractivity (Wildman–Crippen MR) is 103 cm³/mol. The molecule has 0 amide bonds. The highest BCUT2D eigenvalue weighted by Crippen LogP contribution is 2.41. The Morgan fingerprint density at radius 2 is 1.39 bits per heavy atom. The highest BCUT2D eigenvalue weighted by atomic mass is 28.4. The number of hydrogen-bond acceptors (Lipinski definition) is 3. The molecule has 1 aliphatic rings. The van der Waals surface area contributed by atoms with Gasteiger partial charge in [0, 0.05) is 25.4 Å². The SMILES string of the molecule is CC(C)(C)[Si](C)(C)OCC1CC(=O)CC1O[Si](C)(C)C(C)(C)C. The lowest BCUT2D eigenvalue weighted by atomic mass is 10.1. The zero-order valence-electron chi connectivity index (χ0n) is 17.0. The van der Waals surface area contributed by atoms with Gasteiger partial charge in [-0.05, 0) is 36.3 Å². The third-order valence-corrected chi connectivity index (χ3v) is 15.2. The summed E-state index contributed by atoms with van der Waals surface area (Å²) in [5, 5.41) is 0.370. The maximum atomic E-state index is 12.0. The van der Waals surface area contributed by atoms with Crippen LogP contribution in [0.3, 0.4) is 0 Å². The zero-order valence-corrected chi connectivity index (χ0v) is 19.0. The third kappa shape index (κ3) is 5.25. The first kappa shape index (κ1) is 21.1. The minimum atomic E-state index is -1.85. The van der Waals surface area contributed by atoms with E-state index in [4.69, 9.17) is 8.85 Å². The molecule has 0 aromatic carbocycles. The maximum Gasteiger partial charge on any atom is 0.192 e. The van der Waals surface area contributed by atoms with E-state index >= 15 is 0 Å². The van der Waals surface area contributed by atoms with E-state index in [-0.39, 0.29) is 22.1 Å². The van der Waals surface area contributed by atoms with Crippen LogP contribution in [0.1, 0.15) is 54.4 Å². The van der Waals surface area contributed by atoms with Crippen LogP contribution in [0.5, 0.6) is 0 Å². The van der Waals surface area contributed by atoms with Gasteiger partial charge in [0.25, 0.3) is 0 Å². The van der Waals surface area contributed by atoms with Crippen molar-refractivity contribution >= 4 is 22.4 Å². The zero-order chi connectivity index (χ0) is 18.3. The second-order valence-electron chi connectivity index (χ2n) is 10.2. The van der Waals surface area contributed by atoms with Crippen LogP contribution in [-0.2, 0) is 13.6 Å². The molecule has 1 rings (SSSR count). The van der Waals surface area contributed by atoms with E-state index in [1.807, 2.05) is 0 Å². The summed E-state index contributed by atoms with van der Waals surface area (Å²) in [7, 11) is -3.62. The van der Waals surface area contributed by atoms with Crippen LogP contribution in [0.4, 0.5) is 0 Å². The average molecular weight is 359 g/mol. The molecule has 1 aliphatic carbocycles. The lowest BCUT2D eigenvalue weighted by Crippen LogP contribution is -2.46. The molecule has 0 aromatic heterocycles. The summed E-state index contributed by atoms with van der Waals surface area (Å²) in [4.78, 5) is 12.0. The van der Waals surface area contributed by atoms with Gasteiger partial charge in [0.1, 0.15) is 5.78 Å². The van der Waals surface area contributed by atoms with Gasteiger partial charge >= 0.3 is 0 Å². The van der Waals surface area contributed by atoms with Crippen LogP contribution in [0.15, 0.2) is 0 Å². The lowest BCUT2D eigenvalue weighted by molar-refractivity contribution is -0.117. The normalized spacial score (nSPS) is 24.3. The van der Waals surface area contributed by atoms with E-state index in [9.17, 15) is 4.79 Å². The van der Waals surface area contributed by atoms with Crippen LogP contribution in [0, 0.1) is 5.92 Å². The molecule has 1 saturated carbocycles. The summed E-state index contributed by atoms with van der Waals surface area (Å²) >= 11 is 0. The molecule has 2 unspecified atom stereocenters. The van der Waals surface area contributed by atoms with Crippen molar-refractivity contribution in [2.45, 2.75) is 96.8 Å². The van der Waals surface area contributed by atoms with E-state index in [1.165, 1.54) is 0 Å². The van der Waals surface area contributed by atoms with Crippen molar-refractivity contribution in [2.24, 2.45) is 5.92 Å². The van der Waals surface area contributed by atoms with Crippen LogP contribution in [-0.4, -0.2) is 35.1 Å². The van der Waals surface area contributed by atoms with Crippen molar-refractivity contribution in [3.05, 3.63) is 0 Å². The smallest absolute Gasteiger partial charge is 0.192 e. The van der Waals surface area contributed by atoms with Crippen molar-refractivity contribution in [3.63, 3.8) is 0 Å². The van der Waals surface area contributed by atoms with E-state index in [0.29, 0.717) is 25.2 Å². The van der Waals surface area contributed by atoms with Crippen LogP contribution in [0.2, 0.25) is 36.3 Å². The molecular weight excluding hydrogens is 320 g/mol. The Labute approximate surface area is 145 Å². The Hall–Kier alpha value is 0.0238. The van der Waals surface area contributed by atoms with E-state index in [2.05, 4.69) is 67.7 Å². The fraction of sp³-hybridized carbons (Fsp3) is 0.944. The molecule has 1 fully saturated rings. The molecule has 2 atom stereocenters. The summed E-state index contributed by atoms with van der Waals surface area (Å²) in [6.07, 6.45) is 1.24. The molecule has 0 aliphatic heterocycles. The first-order valence-corrected chi connectivity index (χ1v) is 14.7. The van der Waals surface area contributed by atoms with Crippen LogP contribution in [0.25, 0.3) is 0 Å².